The molecule has 4 heterocycles. The van der Waals surface area contributed by atoms with E-state index in [-0.39, 0.29) is 0 Å². The highest BCUT2D eigenvalue weighted by molar-refractivity contribution is 6.20. The van der Waals surface area contributed by atoms with Crippen LogP contribution in [0.3, 0.4) is 0 Å². The lowest BCUT2D eigenvalue weighted by Crippen LogP contribution is -2.03. The van der Waals surface area contributed by atoms with Crippen LogP contribution in [0.15, 0.2) is 182 Å². The van der Waals surface area contributed by atoms with Crippen LogP contribution in [0.1, 0.15) is 13.3 Å². The van der Waals surface area contributed by atoms with Gasteiger partial charge in [-0.15, -0.1) is 0 Å². The molecule has 5 nitrogen and oxygen atoms in total. The van der Waals surface area contributed by atoms with E-state index in [0.29, 0.717) is 5.95 Å². The standard InChI is InChI=1S/C50H37N5/c1-2-3-4-5-14-30-54-46-28-24-36-20-15-29-51-49(36)48(46)40-26-23-38(32-47(40)54)37-25-27-45-41(31-37)39-21-12-13-22-44(39)55(45)50-52-42(34-16-8-6-9-17-34)33-43(53-50)35-18-10-7-11-19-35/h2-13,15-29,31-33H,14,30H2,1H3/b3-2-,5-4-. The highest BCUT2D eigenvalue weighted by Gasteiger charge is 2.19. The molecule has 10 rings (SSSR count). The molecule has 0 fully saturated rings. The normalized spacial score (nSPS) is 12.1. The van der Waals surface area contributed by atoms with Gasteiger partial charge >= 0.3 is 0 Å². The smallest absolute Gasteiger partial charge is 0.235 e. The van der Waals surface area contributed by atoms with E-state index >= 15 is 0 Å². The predicted octanol–water partition coefficient (Wildman–Crippen LogP) is 12.8. The second-order valence-electron chi connectivity index (χ2n) is 13.9. The van der Waals surface area contributed by atoms with E-state index in [1.54, 1.807) is 0 Å². The molecule has 0 unspecified atom stereocenters. The van der Waals surface area contributed by atoms with Crippen LogP contribution in [0.5, 0.6) is 0 Å². The minimum atomic E-state index is 0.648. The number of aromatic nitrogens is 5. The van der Waals surface area contributed by atoms with Crippen molar-refractivity contribution in [3.63, 3.8) is 0 Å². The lowest BCUT2D eigenvalue weighted by atomic mass is 10.0. The van der Waals surface area contributed by atoms with Gasteiger partial charge in [-0.3, -0.25) is 9.55 Å². The Bertz CT molecular complexity index is 3040. The van der Waals surface area contributed by atoms with E-state index < -0.39 is 0 Å². The van der Waals surface area contributed by atoms with Crippen molar-refractivity contribution in [2.45, 2.75) is 19.9 Å². The topological polar surface area (TPSA) is 48.5 Å². The Morgan fingerprint density at radius 1 is 0.527 bits per heavy atom. The van der Waals surface area contributed by atoms with Crippen LogP contribution >= 0.6 is 0 Å². The van der Waals surface area contributed by atoms with E-state index in [9.17, 15) is 0 Å². The van der Waals surface area contributed by atoms with Gasteiger partial charge in [0.25, 0.3) is 0 Å². The first-order valence-corrected chi connectivity index (χ1v) is 18.9. The molecule has 5 heteroatoms. The van der Waals surface area contributed by atoms with Crippen molar-refractivity contribution in [3.8, 4) is 39.6 Å². The summed E-state index contributed by atoms with van der Waals surface area (Å²) in [4.78, 5) is 15.3. The number of benzene rings is 6. The Kier molecular flexibility index (Phi) is 8.11. The molecule has 0 aliphatic carbocycles. The predicted molar refractivity (Wildman–Crippen MR) is 230 cm³/mol. The molecule has 6 aromatic carbocycles. The summed E-state index contributed by atoms with van der Waals surface area (Å²) in [5.41, 5.74) is 11.8. The molecule has 0 N–H and O–H groups in total. The lowest BCUT2D eigenvalue weighted by molar-refractivity contribution is 0.762. The molecule has 55 heavy (non-hydrogen) atoms. The van der Waals surface area contributed by atoms with Crippen molar-refractivity contribution < 1.29 is 0 Å². The molecule has 0 saturated carbocycles. The third kappa shape index (κ3) is 5.69. The Balaban J connectivity index is 1.15. The summed E-state index contributed by atoms with van der Waals surface area (Å²) in [5.74, 6) is 0.648. The summed E-state index contributed by atoms with van der Waals surface area (Å²) in [6.07, 6.45) is 11.4. The van der Waals surface area contributed by atoms with Crippen LogP contribution in [0, 0.1) is 0 Å². The zero-order valence-corrected chi connectivity index (χ0v) is 30.5. The molecule has 0 spiro atoms. The van der Waals surface area contributed by atoms with Gasteiger partial charge < -0.3 is 4.57 Å². The number of fused-ring (bicyclic) bond motifs is 8. The van der Waals surface area contributed by atoms with Gasteiger partial charge in [0, 0.05) is 56.3 Å². The summed E-state index contributed by atoms with van der Waals surface area (Å²) in [7, 11) is 0. The summed E-state index contributed by atoms with van der Waals surface area (Å²) in [6.45, 7) is 2.92. The van der Waals surface area contributed by atoms with Crippen LogP contribution in [-0.2, 0) is 6.54 Å². The zero-order chi connectivity index (χ0) is 36.7. The van der Waals surface area contributed by atoms with Crippen LogP contribution in [0.2, 0.25) is 0 Å². The molecule has 0 saturated heterocycles. The minimum Gasteiger partial charge on any atom is -0.340 e. The third-order valence-electron chi connectivity index (χ3n) is 10.6. The SMILES string of the molecule is C/C=C\C=C/CCn1c2cc(-c3ccc4c(c3)c3ccccc3n4-c3nc(-c4ccccc4)cc(-c4ccccc4)n3)ccc2c2c3ncccc3ccc21. The van der Waals surface area contributed by atoms with Crippen LogP contribution in [-0.4, -0.2) is 24.1 Å². The van der Waals surface area contributed by atoms with E-state index in [4.69, 9.17) is 15.0 Å². The molecule has 0 atom stereocenters. The number of hydrogen-bond donors (Lipinski definition) is 0. The van der Waals surface area contributed by atoms with Crippen molar-refractivity contribution >= 4 is 54.5 Å². The molecular weight excluding hydrogens is 671 g/mol. The molecule has 0 aliphatic heterocycles. The van der Waals surface area contributed by atoms with Gasteiger partial charge in [0.1, 0.15) is 0 Å². The first-order chi connectivity index (χ1) is 27.2. The average Bonchev–Trinajstić information content (AvgIpc) is 3.76. The van der Waals surface area contributed by atoms with Crippen LogP contribution < -0.4 is 0 Å². The first kappa shape index (κ1) is 32.5. The number of hydrogen-bond acceptors (Lipinski definition) is 3. The number of nitrogens with zero attached hydrogens (tertiary/aromatic N) is 5. The molecule has 10 aromatic rings. The average molecular weight is 708 g/mol. The quantitative estimate of drug-likeness (QED) is 0.148. The molecule has 262 valence electrons. The van der Waals surface area contributed by atoms with Gasteiger partial charge in [0.05, 0.1) is 33.5 Å². The maximum absolute atomic E-state index is 5.22. The van der Waals surface area contributed by atoms with Crippen molar-refractivity contribution in [1.82, 2.24) is 24.1 Å². The van der Waals surface area contributed by atoms with Crippen molar-refractivity contribution in [2.24, 2.45) is 0 Å². The molecule has 0 radical (unpaired) electrons. The third-order valence-corrected chi connectivity index (χ3v) is 10.6. The van der Waals surface area contributed by atoms with Crippen LogP contribution in [0.4, 0.5) is 0 Å². The number of pyridine rings is 1. The summed E-state index contributed by atoms with van der Waals surface area (Å²) < 4.78 is 4.68. The number of allylic oxidation sites excluding steroid dienone is 4. The molecule has 0 bridgehead atoms. The Morgan fingerprint density at radius 3 is 2.00 bits per heavy atom. The van der Waals surface area contributed by atoms with E-state index in [1.807, 2.05) is 31.3 Å². The zero-order valence-electron chi connectivity index (χ0n) is 30.5. The Hall–Kier alpha value is -7.11. The van der Waals surface area contributed by atoms with Crippen molar-refractivity contribution in [1.29, 1.82) is 0 Å². The maximum Gasteiger partial charge on any atom is 0.235 e. The second kappa shape index (κ2) is 13.7. The minimum absolute atomic E-state index is 0.648. The molecule has 0 aliphatic rings. The number of aryl methyl sites for hydroxylation is 1. The first-order valence-electron chi connectivity index (χ1n) is 18.9. The fraction of sp³-hybridized carbons (Fsp3) is 0.0600. The Labute approximate surface area is 319 Å². The van der Waals surface area contributed by atoms with Gasteiger partial charge in [-0.05, 0) is 66.9 Å². The van der Waals surface area contributed by atoms with Gasteiger partial charge in [0.15, 0.2) is 0 Å². The van der Waals surface area contributed by atoms with E-state index in [2.05, 4.69) is 167 Å². The van der Waals surface area contributed by atoms with Gasteiger partial charge in [-0.2, -0.15) is 0 Å². The molecular formula is C50H37N5. The van der Waals surface area contributed by atoms with Crippen LogP contribution in [0.25, 0.3) is 94.1 Å². The monoisotopic (exact) mass is 707 g/mol. The van der Waals surface area contributed by atoms with Gasteiger partial charge in [-0.25, -0.2) is 9.97 Å². The highest BCUT2D eigenvalue weighted by Crippen LogP contribution is 2.39. The lowest BCUT2D eigenvalue weighted by Gasteiger charge is -2.12. The van der Waals surface area contributed by atoms with Crippen molar-refractivity contribution in [2.75, 3.05) is 0 Å². The largest absolute Gasteiger partial charge is 0.340 e. The maximum atomic E-state index is 5.22. The Morgan fingerprint density at radius 2 is 1.22 bits per heavy atom. The number of para-hydroxylation sites is 1. The molecule has 4 aromatic heterocycles. The van der Waals surface area contributed by atoms with Gasteiger partial charge in [0.2, 0.25) is 5.95 Å². The molecule has 0 amide bonds. The van der Waals surface area contributed by atoms with E-state index in [0.717, 1.165) is 73.8 Å². The summed E-state index contributed by atoms with van der Waals surface area (Å²) in [6, 6.07) is 53.7. The fourth-order valence-corrected chi connectivity index (χ4v) is 8.05. The summed E-state index contributed by atoms with van der Waals surface area (Å²) in [5, 5.41) is 5.91. The van der Waals surface area contributed by atoms with Crippen molar-refractivity contribution in [3.05, 3.63) is 182 Å². The van der Waals surface area contributed by atoms with E-state index in [1.165, 1.54) is 27.4 Å². The summed E-state index contributed by atoms with van der Waals surface area (Å²) >= 11 is 0. The fourth-order valence-electron chi connectivity index (χ4n) is 8.05. The number of rotatable bonds is 8. The second-order valence-corrected chi connectivity index (χ2v) is 13.9. The highest BCUT2D eigenvalue weighted by atomic mass is 15.2. The van der Waals surface area contributed by atoms with Gasteiger partial charge in [-0.1, -0.05) is 133 Å².